The van der Waals surface area contributed by atoms with E-state index in [1.165, 1.54) is 18.4 Å². The van der Waals surface area contributed by atoms with Gasteiger partial charge in [0.15, 0.2) is 0 Å². The number of likely N-dealkylation sites (tertiary alicyclic amines) is 1. The molecule has 28 heavy (non-hydrogen) atoms. The molecule has 0 bridgehead atoms. The van der Waals surface area contributed by atoms with Gasteiger partial charge in [-0.2, -0.15) is 0 Å². The third-order valence-electron chi connectivity index (χ3n) is 6.03. The summed E-state index contributed by atoms with van der Waals surface area (Å²) in [7, 11) is 0. The average Bonchev–Trinajstić information content (AvgIpc) is 3.27. The fourth-order valence-corrected chi connectivity index (χ4v) is 4.57. The lowest BCUT2D eigenvalue weighted by molar-refractivity contribution is -0.110. The highest BCUT2D eigenvalue weighted by Gasteiger charge is 2.32. The zero-order valence-electron chi connectivity index (χ0n) is 15.8. The molecule has 2 aromatic carbocycles. The van der Waals surface area contributed by atoms with E-state index in [9.17, 15) is 9.90 Å². The maximum atomic E-state index is 12.5. The fourth-order valence-electron chi connectivity index (χ4n) is 4.57. The summed E-state index contributed by atoms with van der Waals surface area (Å²) in [6.07, 6.45) is 3.45. The lowest BCUT2D eigenvalue weighted by Crippen LogP contribution is -2.41. The highest BCUT2D eigenvalue weighted by atomic mass is 16.5. The normalized spacial score (nSPS) is 23.9. The Hall–Kier alpha value is -2.63. The van der Waals surface area contributed by atoms with Crippen LogP contribution in [0.1, 0.15) is 41.5 Å². The molecule has 1 amide bonds. The summed E-state index contributed by atoms with van der Waals surface area (Å²) >= 11 is 0. The van der Waals surface area contributed by atoms with E-state index in [0.717, 1.165) is 41.9 Å². The average molecular weight is 376 g/mol. The number of aliphatic hydroxyl groups is 1. The third-order valence-corrected chi connectivity index (χ3v) is 6.03. The lowest BCUT2D eigenvalue weighted by atomic mass is 9.98. The molecule has 5 heteroatoms. The first-order chi connectivity index (χ1) is 13.7. The van der Waals surface area contributed by atoms with Crippen LogP contribution in [0.15, 0.2) is 42.5 Å². The quantitative estimate of drug-likeness (QED) is 0.806. The van der Waals surface area contributed by atoms with Crippen LogP contribution in [0.2, 0.25) is 0 Å². The number of amides is 1. The van der Waals surface area contributed by atoms with Gasteiger partial charge in [-0.15, -0.1) is 0 Å². The number of nitrogens with one attached hydrogen (secondary N) is 1. The van der Waals surface area contributed by atoms with Gasteiger partial charge in [-0.3, -0.25) is 9.69 Å². The largest absolute Gasteiger partial charge is 0.487 e. The Bertz CT molecular complexity index is 966. The van der Waals surface area contributed by atoms with Crippen LogP contribution >= 0.6 is 0 Å². The van der Waals surface area contributed by atoms with E-state index >= 15 is 0 Å². The topological polar surface area (TPSA) is 61.8 Å². The van der Waals surface area contributed by atoms with Gasteiger partial charge >= 0.3 is 0 Å². The van der Waals surface area contributed by atoms with Gasteiger partial charge in [0.05, 0.1) is 12.2 Å². The Kier molecular flexibility index (Phi) is 4.41. The van der Waals surface area contributed by atoms with E-state index < -0.39 is 0 Å². The third kappa shape index (κ3) is 2.91. The Morgan fingerprint density at radius 1 is 1.14 bits per heavy atom. The summed E-state index contributed by atoms with van der Waals surface area (Å²) < 4.78 is 5.99. The molecule has 0 saturated carbocycles. The molecule has 1 fully saturated rings. The molecule has 2 aromatic rings. The molecule has 1 saturated heterocycles. The maximum Gasteiger partial charge on any atom is 0.260 e. The number of ether oxygens (including phenoxy) is 1. The Labute approximate surface area is 164 Å². The molecular weight excluding hydrogens is 352 g/mol. The zero-order chi connectivity index (χ0) is 19.1. The summed E-state index contributed by atoms with van der Waals surface area (Å²) in [6, 6.07) is 14.4. The first-order valence-electron chi connectivity index (χ1n) is 9.99. The molecule has 0 aliphatic carbocycles. The molecule has 5 rings (SSSR count). The molecule has 3 aliphatic rings. The molecule has 0 radical (unpaired) electrons. The molecule has 0 spiro atoms. The van der Waals surface area contributed by atoms with Crippen LogP contribution in [0.4, 0.5) is 5.69 Å². The minimum absolute atomic E-state index is 0.104. The van der Waals surface area contributed by atoms with Crippen molar-refractivity contribution >= 4 is 22.9 Å². The number of anilines is 1. The summed E-state index contributed by atoms with van der Waals surface area (Å²) in [5.41, 5.74) is 5.71. The lowest BCUT2D eigenvalue weighted by Gasteiger charge is -2.34. The van der Waals surface area contributed by atoms with E-state index in [-0.39, 0.29) is 18.6 Å². The number of piperidine rings is 1. The summed E-state index contributed by atoms with van der Waals surface area (Å²) in [5, 5.41) is 12.6. The van der Waals surface area contributed by atoms with Crippen LogP contribution in [0.25, 0.3) is 11.3 Å². The number of carbonyl (C=O) groups is 1. The van der Waals surface area contributed by atoms with Crippen molar-refractivity contribution in [3.05, 3.63) is 64.7 Å². The molecule has 3 aliphatic heterocycles. The van der Waals surface area contributed by atoms with Crippen molar-refractivity contribution in [2.75, 3.05) is 18.5 Å². The highest BCUT2D eigenvalue weighted by Crippen LogP contribution is 2.41. The Morgan fingerprint density at radius 2 is 2.04 bits per heavy atom. The van der Waals surface area contributed by atoms with Crippen molar-refractivity contribution in [3.8, 4) is 0 Å². The molecular formula is C23H24N2O3. The van der Waals surface area contributed by atoms with Gasteiger partial charge in [-0.25, -0.2) is 0 Å². The molecule has 0 aromatic heterocycles. The zero-order valence-corrected chi connectivity index (χ0v) is 15.8. The van der Waals surface area contributed by atoms with E-state index in [2.05, 4.69) is 28.4 Å². The second kappa shape index (κ2) is 7.08. The van der Waals surface area contributed by atoms with E-state index in [0.29, 0.717) is 17.9 Å². The second-order valence-corrected chi connectivity index (χ2v) is 7.79. The minimum atomic E-state index is -0.104. The van der Waals surface area contributed by atoms with Gasteiger partial charge in [0, 0.05) is 35.0 Å². The number of carbonyl (C=O) groups excluding carboxylic acids is 1. The number of hydrogen-bond donors (Lipinski definition) is 2. The monoisotopic (exact) mass is 376 g/mol. The van der Waals surface area contributed by atoms with Crippen molar-refractivity contribution in [2.24, 2.45) is 0 Å². The van der Waals surface area contributed by atoms with Crippen LogP contribution in [0.5, 0.6) is 0 Å². The molecule has 1 atom stereocenters. The summed E-state index contributed by atoms with van der Waals surface area (Å²) in [5.74, 6) is 0.572. The first-order valence-corrected chi connectivity index (χ1v) is 9.99. The second-order valence-electron chi connectivity index (χ2n) is 7.79. The highest BCUT2D eigenvalue weighted by molar-refractivity contribution is 6.36. The van der Waals surface area contributed by atoms with Crippen LogP contribution in [0.3, 0.4) is 0 Å². The smallest absolute Gasteiger partial charge is 0.260 e. The van der Waals surface area contributed by atoms with Crippen LogP contribution < -0.4 is 5.32 Å². The van der Waals surface area contributed by atoms with Gasteiger partial charge < -0.3 is 15.2 Å². The van der Waals surface area contributed by atoms with Crippen LogP contribution in [0, 0.1) is 0 Å². The van der Waals surface area contributed by atoms with E-state index in [4.69, 9.17) is 4.74 Å². The predicted molar refractivity (Wildman–Crippen MR) is 108 cm³/mol. The van der Waals surface area contributed by atoms with Crippen molar-refractivity contribution in [1.82, 2.24) is 4.90 Å². The fraction of sp³-hybridized carbons (Fsp3) is 0.348. The maximum absolute atomic E-state index is 12.5. The summed E-state index contributed by atoms with van der Waals surface area (Å²) in [4.78, 5) is 14.9. The van der Waals surface area contributed by atoms with Crippen molar-refractivity contribution in [3.63, 3.8) is 0 Å². The van der Waals surface area contributed by atoms with Crippen molar-refractivity contribution < 1.29 is 14.6 Å². The number of hydrogen-bond acceptors (Lipinski definition) is 4. The van der Waals surface area contributed by atoms with E-state index in [1.54, 1.807) is 0 Å². The van der Waals surface area contributed by atoms with Crippen molar-refractivity contribution in [1.29, 1.82) is 0 Å². The Balaban J connectivity index is 1.46. The molecule has 5 nitrogen and oxygen atoms in total. The number of benzene rings is 2. The molecule has 144 valence electrons. The van der Waals surface area contributed by atoms with E-state index in [1.807, 2.05) is 24.3 Å². The summed E-state index contributed by atoms with van der Waals surface area (Å²) in [6.45, 7) is 2.58. The number of nitrogens with zero attached hydrogens (tertiary/aromatic N) is 1. The number of para-hydroxylation sites is 1. The number of rotatable bonds is 3. The SMILES string of the molecule is O=C1Nc2ccccc2/C1=C1\OCc2cc(CN3CCCCC3CO)ccc21. The number of fused-ring (bicyclic) bond motifs is 2. The first kappa shape index (κ1) is 17.5. The predicted octanol–water partition coefficient (Wildman–Crippen LogP) is 3.38. The standard InChI is InChI=1S/C23H24N2O3/c26-13-17-5-3-4-10-25(17)12-15-8-9-18-16(11-15)14-28-22(18)21-19-6-1-2-7-20(19)24-23(21)27/h1-2,6-9,11,17,26H,3-5,10,12-14H2,(H,24,27)/b22-21+. The van der Waals surface area contributed by atoms with Gasteiger partial charge in [0.1, 0.15) is 12.4 Å². The molecule has 1 unspecified atom stereocenters. The van der Waals surface area contributed by atoms with Gasteiger partial charge in [-0.1, -0.05) is 42.8 Å². The van der Waals surface area contributed by atoms with Crippen LogP contribution in [-0.2, 0) is 22.7 Å². The van der Waals surface area contributed by atoms with Gasteiger partial charge in [0.2, 0.25) is 0 Å². The van der Waals surface area contributed by atoms with Crippen LogP contribution in [-0.4, -0.2) is 35.1 Å². The molecule has 2 N–H and O–H groups in total. The van der Waals surface area contributed by atoms with Gasteiger partial charge in [-0.05, 0) is 31.0 Å². The number of aliphatic hydroxyl groups excluding tert-OH is 1. The molecule has 3 heterocycles. The Morgan fingerprint density at radius 3 is 2.93 bits per heavy atom. The van der Waals surface area contributed by atoms with Crippen molar-refractivity contribution in [2.45, 2.75) is 38.5 Å². The minimum Gasteiger partial charge on any atom is -0.487 e. The van der Waals surface area contributed by atoms with Gasteiger partial charge in [0.25, 0.3) is 5.91 Å².